The summed E-state index contributed by atoms with van der Waals surface area (Å²) < 4.78 is 7.07. The number of nitrogens with two attached hydrogens (primary N) is 1. The van der Waals surface area contributed by atoms with Crippen LogP contribution >= 0.6 is 0 Å². The molecule has 0 aliphatic heterocycles. The molecule has 0 saturated heterocycles. The molecule has 0 bridgehead atoms. The molecule has 5 heteroatoms. The number of aromatic amines is 1. The predicted molar refractivity (Wildman–Crippen MR) is 103 cm³/mol. The van der Waals surface area contributed by atoms with E-state index in [1.807, 2.05) is 54.6 Å². The van der Waals surface area contributed by atoms with Gasteiger partial charge in [0.2, 0.25) is 0 Å². The molecule has 2 aromatic heterocycles. The van der Waals surface area contributed by atoms with Crippen molar-refractivity contribution in [2.45, 2.75) is 12.0 Å². The largest absolute Gasteiger partial charge is 0.365 e. The van der Waals surface area contributed by atoms with Gasteiger partial charge in [0, 0.05) is 17.6 Å². The van der Waals surface area contributed by atoms with Crippen molar-refractivity contribution < 1.29 is 4.52 Å². The maximum absolute atomic E-state index is 12.1. The Morgan fingerprint density at radius 3 is 2.81 bits per heavy atom. The minimum absolute atomic E-state index is 0.343. The second-order valence-corrected chi connectivity index (χ2v) is 6.69. The maximum atomic E-state index is 12.1. The summed E-state index contributed by atoms with van der Waals surface area (Å²) in [6.45, 7) is 0. The highest BCUT2D eigenvalue weighted by atomic mass is 16.5. The summed E-state index contributed by atoms with van der Waals surface area (Å²) in [5.74, 6) is 0. The molecule has 0 fully saturated rings. The first-order valence-electron chi connectivity index (χ1n) is 8.51. The molecule has 2 heterocycles. The van der Waals surface area contributed by atoms with Crippen LogP contribution in [0.2, 0.25) is 0 Å². The molecular formula is C21H17N3O2. The fourth-order valence-electron chi connectivity index (χ4n) is 3.62. The molecule has 5 rings (SSSR count). The second kappa shape index (κ2) is 5.34. The van der Waals surface area contributed by atoms with Crippen molar-refractivity contribution in [1.29, 1.82) is 0 Å². The second-order valence-electron chi connectivity index (χ2n) is 6.69. The molecule has 0 spiro atoms. The Kier molecular flexibility index (Phi) is 3.08. The predicted octanol–water partition coefficient (Wildman–Crippen LogP) is 3.73. The van der Waals surface area contributed by atoms with Crippen molar-refractivity contribution in [2.24, 2.45) is 5.73 Å². The normalized spacial score (nSPS) is 20.0. The zero-order valence-corrected chi connectivity index (χ0v) is 14.0. The first kappa shape index (κ1) is 15.0. The summed E-state index contributed by atoms with van der Waals surface area (Å²) in [7, 11) is 0. The highest BCUT2D eigenvalue weighted by molar-refractivity contribution is 5.82. The van der Waals surface area contributed by atoms with Gasteiger partial charge in [-0.3, -0.25) is 0 Å². The number of hydrogen-bond acceptors (Lipinski definition) is 3. The maximum Gasteiger partial charge on any atom is 0.365 e. The minimum atomic E-state index is -0.701. The van der Waals surface area contributed by atoms with Gasteiger partial charge in [-0.15, -0.1) is 0 Å². The van der Waals surface area contributed by atoms with Gasteiger partial charge in [0.25, 0.3) is 0 Å². The molecule has 1 atom stereocenters. The lowest BCUT2D eigenvalue weighted by molar-refractivity contribution is 0.329. The van der Waals surface area contributed by atoms with Gasteiger partial charge in [-0.1, -0.05) is 42.5 Å². The number of fused-ring (bicyclic) bond motifs is 2. The smallest absolute Gasteiger partial charge is 0.357 e. The Morgan fingerprint density at radius 2 is 1.92 bits per heavy atom. The number of nitrogens with zero attached hydrogens (tertiary/aromatic N) is 1. The van der Waals surface area contributed by atoms with Gasteiger partial charge in [0.05, 0.1) is 22.1 Å². The van der Waals surface area contributed by atoms with Crippen molar-refractivity contribution in [1.82, 2.24) is 9.72 Å². The Hall–Kier alpha value is -3.31. The number of aromatic nitrogens is 2. The molecule has 3 N–H and O–H groups in total. The number of benzene rings is 2. The van der Waals surface area contributed by atoms with Crippen LogP contribution in [0.5, 0.6) is 0 Å². The number of nitrogens with one attached hydrogen (secondary N) is 1. The van der Waals surface area contributed by atoms with Crippen molar-refractivity contribution in [2.75, 3.05) is 0 Å². The topological polar surface area (TPSA) is 77.0 Å². The van der Waals surface area contributed by atoms with Crippen molar-refractivity contribution in [3.05, 3.63) is 88.9 Å². The Bertz CT molecular complexity index is 1220. The molecule has 1 aliphatic rings. The lowest BCUT2D eigenvalue weighted by atomic mass is 9.87. The molecule has 5 nitrogen and oxygen atoms in total. The van der Waals surface area contributed by atoms with Crippen LogP contribution in [0.1, 0.15) is 12.1 Å². The third kappa shape index (κ3) is 2.18. The molecule has 0 amide bonds. The molecular weight excluding hydrogens is 326 g/mol. The van der Waals surface area contributed by atoms with Crippen LogP contribution in [-0.2, 0) is 5.54 Å². The van der Waals surface area contributed by atoms with E-state index in [1.54, 1.807) is 10.8 Å². The fraction of sp³-hybridized carbons (Fsp3) is 0.0952. The first-order valence-corrected chi connectivity index (χ1v) is 8.51. The van der Waals surface area contributed by atoms with E-state index >= 15 is 0 Å². The zero-order chi connectivity index (χ0) is 17.7. The monoisotopic (exact) mass is 343 g/mol. The van der Waals surface area contributed by atoms with Crippen LogP contribution in [-0.4, -0.2) is 9.72 Å². The van der Waals surface area contributed by atoms with E-state index in [1.165, 1.54) is 0 Å². The summed E-state index contributed by atoms with van der Waals surface area (Å²) in [5.41, 5.74) is 9.25. The molecule has 0 saturated carbocycles. The SMILES string of the molecule is NC1(c2cc3ccccc3[nH]2)C=CC=C(n2oc(=O)c3ccccc32)C1. The first-order chi connectivity index (χ1) is 12.6. The van der Waals surface area contributed by atoms with E-state index in [2.05, 4.69) is 17.1 Å². The zero-order valence-electron chi connectivity index (χ0n) is 14.0. The van der Waals surface area contributed by atoms with Gasteiger partial charge < -0.3 is 15.2 Å². The van der Waals surface area contributed by atoms with Crippen LogP contribution in [0, 0.1) is 0 Å². The molecule has 128 valence electrons. The summed E-state index contributed by atoms with van der Waals surface area (Å²) in [6.07, 6.45) is 6.34. The van der Waals surface area contributed by atoms with E-state index < -0.39 is 5.54 Å². The van der Waals surface area contributed by atoms with E-state index in [-0.39, 0.29) is 5.63 Å². The van der Waals surface area contributed by atoms with E-state index in [0.29, 0.717) is 11.8 Å². The number of hydrogen-bond donors (Lipinski definition) is 2. The van der Waals surface area contributed by atoms with E-state index in [9.17, 15) is 4.79 Å². The average molecular weight is 343 g/mol. The van der Waals surface area contributed by atoms with Crippen LogP contribution in [0.3, 0.4) is 0 Å². The van der Waals surface area contributed by atoms with Crippen molar-refractivity contribution in [3.8, 4) is 0 Å². The van der Waals surface area contributed by atoms with E-state index in [0.717, 1.165) is 27.8 Å². The summed E-state index contributed by atoms with van der Waals surface area (Å²) in [4.78, 5) is 15.5. The van der Waals surface area contributed by atoms with Gasteiger partial charge in [0.1, 0.15) is 0 Å². The highest BCUT2D eigenvalue weighted by Crippen LogP contribution is 2.34. The number of para-hydroxylation sites is 2. The number of rotatable bonds is 2. The summed E-state index contributed by atoms with van der Waals surface area (Å²) >= 11 is 0. The minimum Gasteiger partial charge on any atom is -0.357 e. The van der Waals surface area contributed by atoms with Crippen LogP contribution in [0.15, 0.2) is 82.1 Å². The van der Waals surface area contributed by atoms with Crippen molar-refractivity contribution >= 4 is 27.5 Å². The van der Waals surface area contributed by atoms with Gasteiger partial charge in [-0.2, -0.15) is 4.74 Å². The molecule has 2 aromatic carbocycles. The quantitative estimate of drug-likeness (QED) is 0.582. The Labute approximate surface area is 149 Å². The van der Waals surface area contributed by atoms with Crippen LogP contribution < -0.4 is 11.4 Å². The number of allylic oxidation sites excluding steroid dienone is 2. The average Bonchev–Trinajstić information content (AvgIpc) is 3.24. The van der Waals surface area contributed by atoms with Crippen LogP contribution in [0.25, 0.3) is 27.5 Å². The lowest BCUT2D eigenvalue weighted by Crippen LogP contribution is -2.36. The Balaban J connectivity index is 1.60. The van der Waals surface area contributed by atoms with Gasteiger partial charge in [-0.25, -0.2) is 4.79 Å². The van der Waals surface area contributed by atoms with Crippen LogP contribution in [0.4, 0.5) is 0 Å². The fourth-order valence-corrected chi connectivity index (χ4v) is 3.62. The summed E-state index contributed by atoms with van der Waals surface area (Å²) in [6, 6.07) is 17.5. The standard InChI is InChI=1S/C21H17N3O2/c22-21(19-12-14-6-1-3-9-17(14)23-19)11-5-7-15(13-21)24-18-10-4-2-8-16(18)20(25)26-24/h1-12,23H,13,22H2. The third-order valence-corrected chi connectivity index (χ3v) is 4.97. The molecule has 1 unspecified atom stereocenters. The molecule has 1 aliphatic carbocycles. The van der Waals surface area contributed by atoms with Crippen molar-refractivity contribution in [3.63, 3.8) is 0 Å². The highest BCUT2D eigenvalue weighted by Gasteiger charge is 2.31. The van der Waals surface area contributed by atoms with Gasteiger partial charge in [0.15, 0.2) is 0 Å². The molecule has 26 heavy (non-hydrogen) atoms. The van der Waals surface area contributed by atoms with E-state index in [4.69, 9.17) is 10.3 Å². The summed E-state index contributed by atoms with van der Waals surface area (Å²) in [5, 5.41) is 1.69. The lowest BCUT2D eigenvalue weighted by Gasteiger charge is -2.28. The Morgan fingerprint density at radius 1 is 1.12 bits per heavy atom. The number of H-pyrrole nitrogens is 1. The third-order valence-electron chi connectivity index (χ3n) is 4.97. The molecule has 4 aromatic rings. The molecule has 0 radical (unpaired) electrons. The van der Waals surface area contributed by atoms with Gasteiger partial charge in [-0.05, 0) is 35.7 Å². The van der Waals surface area contributed by atoms with Gasteiger partial charge >= 0.3 is 5.63 Å².